The number of amides is 1. The van der Waals surface area contributed by atoms with Crippen LogP contribution >= 0.6 is 11.6 Å². The molecule has 1 aromatic heterocycles. The van der Waals surface area contributed by atoms with Crippen LogP contribution in [-0.2, 0) is 4.79 Å². The topological polar surface area (TPSA) is 74.0 Å². The largest absolute Gasteiger partial charge is 0.503 e. The van der Waals surface area contributed by atoms with Gasteiger partial charge in [0.2, 0.25) is 5.78 Å². The normalized spacial score (nSPS) is 17.3. The summed E-state index contributed by atoms with van der Waals surface area (Å²) in [5, 5.41) is 11.0. The lowest BCUT2D eigenvalue weighted by molar-refractivity contribution is -0.129. The highest BCUT2D eigenvalue weighted by Crippen LogP contribution is 2.39. The van der Waals surface area contributed by atoms with Gasteiger partial charge in [0.05, 0.1) is 17.9 Å². The van der Waals surface area contributed by atoms with Gasteiger partial charge < -0.3 is 19.3 Å². The van der Waals surface area contributed by atoms with E-state index in [0.29, 0.717) is 23.6 Å². The van der Waals surface area contributed by atoms with Crippen molar-refractivity contribution in [2.45, 2.75) is 12.5 Å². The number of carbonyl (C=O) groups is 2. The fraction of sp³-hybridized carbons (Fsp3) is 0.300. The number of carbonyl (C=O) groups excluding carboxylic acids is 2. The second kappa shape index (κ2) is 7.98. The molecule has 3 rings (SSSR count). The Labute approximate surface area is 162 Å². The number of aliphatic hydroxyl groups is 1. The Morgan fingerprint density at radius 2 is 1.96 bits per heavy atom. The van der Waals surface area contributed by atoms with E-state index >= 15 is 0 Å². The summed E-state index contributed by atoms with van der Waals surface area (Å²) < 4.78 is 5.19. The van der Waals surface area contributed by atoms with Crippen LogP contribution in [0.2, 0.25) is 5.02 Å². The minimum atomic E-state index is -0.686. The highest BCUT2D eigenvalue weighted by Gasteiger charge is 2.44. The van der Waals surface area contributed by atoms with E-state index in [1.165, 1.54) is 17.2 Å². The number of rotatable bonds is 7. The van der Waals surface area contributed by atoms with E-state index in [0.717, 1.165) is 6.54 Å². The molecule has 1 N–H and O–H groups in total. The van der Waals surface area contributed by atoms with E-state index in [9.17, 15) is 14.7 Å². The van der Waals surface area contributed by atoms with Crippen molar-refractivity contribution in [1.29, 1.82) is 0 Å². The maximum absolute atomic E-state index is 12.9. The van der Waals surface area contributed by atoms with E-state index < -0.39 is 23.5 Å². The Morgan fingerprint density at radius 1 is 1.26 bits per heavy atom. The lowest BCUT2D eigenvalue weighted by Crippen LogP contribution is -2.33. The molecule has 1 atom stereocenters. The first-order valence-corrected chi connectivity index (χ1v) is 9.00. The lowest BCUT2D eigenvalue weighted by Gasteiger charge is -2.27. The van der Waals surface area contributed by atoms with Gasteiger partial charge in [-0.3, -0.25) is 9.59 Å². The third-order valence-corrected chi connectivity index (χ3v) is 4.74. The van der Waals surface area contributed by atoms with Gasteiger partial charge in [0.25, 0.3) is 5.91 Å². The molecule has 0 fully saturated rings. The van der Waals surface area contributed by atoms with Crippen LogP contribution in [0.25, 0.3) is 0 Å². The van der Waals surface area contributed by atoms with Crippen LogP contribution in [0.1, 0.15) is 28.6 Å². The molecule has 1 aliphatic heterocycles. The average molecular weight is 389 g/mol. The zero-order valence-electron chi connectivity index (χ0n) is 15.2. The fourth-order valence-electron chi connectivity index (χ4n) is 3.21. The van der Waals surface area contributed by atoms with Crippen molar-refractivity contribution < 1.29 is 19.1 Å². The molecule has 0 spiro atoms. The maximum Gasteiger partial charge on any atom is 0.290 e. The minimum Gasteiger partial charge on any atom is -0.503 e. The van der Waals surface area contributed by atoms with E-state index in [2.05, 4.69) is 0 Å². The number of Topliss-reactive ketones (excluding diaryl/α,β-unsaturated/α-hetero) is 1. The van der Waals surface area contributed by atoms with Crippen LogP contribution < -0.4 is 0 Å². The van der Waals surface area contributed by atoms with E-state index in [1.807, 2.05) is 19.0 Å². The van der Waals surface area contributed by atoms with Crippen LogP contribution in [0.3, 0.4) is 0 Å². The van der Waals surface area contributed by atoms with Gasteiger partial charge in [0.15, 0.2) is 11.5 Å². The Hall–Kier alpha value is -2.57. The molecule has 0 bridgehead atoms. The van der Waals surface area contributed by atoms with Crippen LogP contribution in [0.4, 0.5) is 0 Å². The van der Waals surface area contributed by atoms with Gasteiger partial charge in [-0.1, -0.05) is 23.7 Å². The van der Waals surface area contributed by atoms with Crippen molar-refractivity contribution in [2.24, 2.45) is 0 Å². The molecule has 2 heterocycles. The molecule has 0 saturated carbocycles. The minimum absolute atomic E-state index is 0.0297. The maximum atomic E-state index is 12.9. The van der Waals surface area contributed by atoms with E-state index in [-0.39, 0.29) is 11.3 Å². The number of halogens is 1. The second-order valence-corrected chi connectivity index (χ2v) is 7.11. The number of hydrogen-bond donors (Lipinski definition) is 1. The van der Waals surface area contributed by atoms with Crippen LogP contribution in [0, 0.1) is 0 Å². The van der Waals surface area contributed by atoms with Gasteiger partial charge in [-0.2, -0.15) is 0 Å². The summed E-state index contributed by atoms with van der Waals surface area (Å²) in [5.74, 6) is -1.50. The predicted octanol–water partition coefficient (Wildman–Crippen LogP) is 3.46. The molecule has 0 aliphatic carbocycles. The molecule has 27 heavy (non-hydrogen) atoms. The fourth-order valence-corrected chi connectivity index (χ4v) is 3.33. The van der Waals surface area contributed by atoms with Crippen molar-refractivity contribution in [1.82, 2.24) is 9.80 Å². The van der Waals surface area contributed by atoms with Gasteiger partial charge in [-0.25, -0.2) is 0 Å². The first-order chi connectivity index (χ1) is 12.9. The SMILES string of the molecule is CN(C)CCCN1C(=O)C(O)=C(C(=O)c2ccco2)[C@H]1c1ccc(Cl)cc1. The highest BCUT2D eigenvalue weighted by atomic mass is 35.5. The monoisotopic (exact) mass is 388 g/mol. The van der Waals surface area contributed by atoms with Gasteiger partial charge in [0.1, 0.15) is 0 Å². The summed E-state index contributed by atoms with van der Waals surface area (Å²) in [6.07, 6.45) is 2.09. The standard InChI is InChI=1S/C20H21ClN2O4/c1-22(2)10-4-11-23-17(13-6-8-14(21)9-7-13)16(19(25)20(23)26)18(24)15-5-3-12-27-15/h3,5-9,12,17,25H,4,10-11H2,1-2H3/t17-/m1/s1. The number of benzene rings is 1. The molecule has 0 unspecified atom stereocenters. The number of aliphatic hydroxyl groups excluding tert-OH is 1. The smallest absolute Gasteiger partial charge is 0.290 e. The first kappa shape index (κ1) is 19.2. The molecule has 2 aromatic rings. The van der Waals surface area contributed by atoms with Crippen molar-refractivity contribution in [2.75, 3.05) is 27.2 Å². The second-order valence-electron chi connectivity index (χ2n) is 6.68. The van der Waals surface area contributed by atoms with E-state index in [4.69, 9.17) is 16.0 Å². The highest BCUT2D eigenvalue weighted by molar-refractivity contribution is 6.30. The van der Waals surface area contributed by atoms with Crippen LogP contribution in [0.5, 0.6) is 0 Å². The Kier molecular flexibility index (Phi) is 5.68. The molecule has 0 radical (unpaired) electrons. The Bertz CT molecular complexity index is 857. The summed E-state index contributed by atoms with van der Waals surface area (Å²) >= 11 is 5.98. The van der Waals surface area contributed by atoms with Crippen molar-refractivity contribution in [3.8, 4) is 0 Å². The summed E-state index contributed by atoms with van der Waals surface area (Å²) in [6.45, 7) is 1.18. The first-order valence-electron chi connectivity index (χ1n) is 8.62. The van der Waals surface area contributed by atoms with Crippen LogP contribution in [-0.4, -0.2) is 53.8 Å². The predicted molar refractivity (Wildman–Crippen MR) is 102 cm³/mol. The molecular formula is C20H21ClN2O4. The molecule has 7 heteroatoms. The third-order valence-electron chi connectivity index (χ3n) is 4.48. The molecule has 0 saturated heterocycles. The summed E-state index contributed by atoms with van der Waals surface area (Å²) in [7, 11) is 3.90. The van der Waals surface area contributed by atoms with Crippen molar-refractivity contribution >= 4 is 23.3 Å². The molecule has 142 valence electrons. The van der Waals surface area contributed by atoms with Crippen molar-refractivity contribution in [3.63, 3.8) is 0 Å². The number of ketones is 1. The Balaban J connectivity index is 1.99. The molecular weight excluding hydrogens is 368 g/mol. The molecule has 1 aliphatic rings. The average Bonchev–Trinajstić information content (AvgIpc) is 3.25. The van der Waals surface area contributed by atoms with Crippen LogP contribution in [0.15, 0.2) is 58.4 Å². The van der Waals surface area contributed by atoms with Gasteiger partial charge >= 0.3 is 0 Å². The lowest BCUT2D eigenvalue weighted by atomic mass is 9.95. The van der Waals surface area contributed by atoms with Crippen molar-refractivity contribution in [3.05, 3.63) is 70.3 Å². The number of furan rings is 1. The van der Waals surface area contributed by atoms with E-state index in [1.54, 1.807) is 30.3 Å². The number of nitrogens with zero attached hydrogens (tertiary/aromatic N) is 2. The van der Waals surface area contributed by atoms with Gasteiger partial charge in [-0.05, 0) is 56.9 Å². The summed E-state index contributed by atoms with van der Waals surface area (Å²) in [6, 6.07) is 9.33. The number of hydrogen-bond acceptors (Lipinski definition) is 5. The van der Waals surface area contributed by atoms with Gasteiger partial charge in [0, 0.05) is 11.6 Å². The zero-order chi connectivity index (χ0) is 19.6. The third kappa shape index (κ3) is 3.91. The summed E-state index contributed by atoms with van der Waals surface area (Å²) in [5.41, 5.74) is 0.735. The summed E-state index contributed by atoms with van der Waals surface area (Å²) in [4.78, 5) is 29.2. The Morgan fingerprint density at radius 3 is 2.56 bits per heavy atom. The van der Waals surface area contributed by atoms with Gasteiger partial charge in [-0.15, -0.1) is 0 Å². The molecule has 1 amide bonds. The zero-order valence-corrected chi connectivity index (χ0v) is 15.9. The molecule has 6 nitrogen and oxygen atoms in total. The molecule has 1 aromatic carbocycles. The quantitative estimate of drug-likeness (QED) is 0.735.